The summed E-state index contributed by atoms with van der Waals surface area (Å²) in [6.45, 7) is 7.58. The molecule has 110 valence electrons. The van der Waals surface area contributed by atoms with E-state index in [9.17, 15) is 4.79 Å². The predicted molar refractivity (Wildman–Crippen MR) is 81.2 cm³/mol. The Labute approximate surface area is 120 Å². The zero-order valence-electron chi connectivity index (χ0n) is 12.5. The lowest BCUT2D eigenvalue weighted by atomic mass is 9.89. The number of nitrogens with one attached hydrogen (secondary N) is 2. The summed E-state index contributed by atoms with van der Waals surface area (Å²) in [4.78, 5) is 12.4. The summed E-state index contributed by atoms with van der Waals surface area (Å²) < 4.78 is 5.51. The van der Waals surface area contributed by atoms with E-state index >= 15 is 0 Å². The average molecular weight is 276 g/mol. The van der Waals surface area contributed by atoms with Crippen molar-refractivity contribution in [3.8, 4) is 0 Å². The molecule has 0 radical (unpaired) electrons. The molecule has 1 saturated carbocycles. The van der Waals surface area contributed by atoms with Crippen molar-refractivity contribution >= 4 is 11.6 Å². The van der Waals surface area contributed by atoms with Crippen molar-refractivity contribution in [2.45, 2.75) is 45.8 Å². The number of carbonyl (C=O) groups is 1. The second-order valence-electron chi connectivity index (χ2n) is 5.30. The smallest absolute Gasteiger partial charge is 0.253 e. The number of aryl methyl sites for hydroxylation is 1. The van der Waals surface area contributed by atoms with Gasteiger partial charge in [0, 0.05) is 24.9 Å². The molecule has 4 nitrogen and oxygen atoms in total. The molecule has 1 aliphatic carbocycles. The van der Waals surface area contributed by atoms with E-state index in [-0.39, 0.29) is 11.9 Å². The fourth-order valence-corrected chi connectivity index (χ4v) is 2.51. The molecule has 4 heteroatoms. The highest BCUT2D eigenvalue weighted by Crippen LogP contribution is 2.24. The largest absolute Gasteiger partial charge is 0.385 e. The highest BCUT2D eigenvalue weighted by Gasteiger charge is 2.31. The monoisotopic (exact) mass is 276 g/mol. The zero-order chi connectivity index (χ0) is 14.5. The summed E-state index contributed by atoms with van der Waals surface area (Å²) in [6, 6.07) is 6.17. The Morgan fingerprint density at radius 3 is 2.75 bits per heavy atom. The Balaban J connectivity index is 1.97. The quantitative estimate of drug-likeness (QED) is 0.840. The van der Waals surface area contributed by atoms with Gasteiger partial charge in [0.25, 0.3) is 5.91 Å². The van der Waals surface area contributed by atoms with Gasteiger partial charge in [-0.25, -0.2) is 0 Å². The van der Waals surface area contributed by atoms with Crippen molar-refractivity contribution in [2.24, 2.45) is 0 Å². The third-order valence-electron chi connectivity index (χ3n) is 3.62. The molecule has 1 aromatic rings. The van der Waals surface area contributed by atoms with Crippen LogP contribution in [0, 0.1) is 6.92 Å². The molecule has 0 spiro atoms. The summed E-state index contributed by atoms with van der Waals surface area (Å²) in [6.07, 6.45) is 2.15. The lowest BCUT2D eigenvalue weighted by Gasteiger charge is -2.35. The molecular weight excluding hydrogens is 252 g/mol. The maximum Gasteiger partial charge on any atom is 0.253 e. The number of hydrogen-bond acceptors (Lipinski definition) is 3. The van der Waals surface area contributed by atoms with Gasteiger partial charge in [-0.2, -0.15) is 0 Å². The van der Waals surface area contributed by atoms with E-state index in [1.165, 1.54) is 0 Å². The van der Waals surface area contributed by atoms with Gasteiger partial charge in [0.2, 0.25) is 0 Å². The minimum absolute atomic E-state index is 0.00426. The molecule has 1 aliphatic rings. The van der Waals surface area contributed by atoms with Crippen LogP contribution in [0.1, 0.15) is 42.6 Å². The molecule has 0 unspecified atom stereocenters. The Morgan fingerprint density at radius 2 is 2.10 bits per heavy atom. The molecule has 0 heterocycles. The van der Waals surface area contributed by atoms with Crippen LogP contribution < -0.4 is 10.6 Å². The molecule has 2 rings (SSSR count). The maximum atomic E-state index is 12.4. The van der Waals surface area contributed by atoms with Crippen LogP contribution in [-0.4, -0.2) is 31.2 Å². The van der Waals surface area contributed by atoms with Crippen LogP contribution in [0.5, 0.6) is 0 Å². The Kier molecular flexibility index (Phi) is 5.01. The van der Waals surface area contributed by atoms with Crippen molar-refractivity contribution in [1.82, 2.24) is 5.32 Å². The molecule has 1 fully saturated rings. The van der Waals surface area contributed by atoms with Crippen molar-refractivity contribution < 1.29 is 9.53 Å². The standard InChI is InChI=1S/C16H24N2O2/c1-4-17-15-7-6-11(3)8-14(15)16(19)18-12-9-13(10-12)20-5-2/h6-8,12-13,17H,4-5,9-10H2,1-3H3,(H,18,19). The van der Waals surface area contributed by atoms with Crippen LogP contribution in [0.15, 0.2) is 18.2 Å². The first-order valence-electron chi connectivity index (χ1n) is 7.41. The molecule has 0 atom stereocenters. The van der Waals surface area contributed by atoms with E-state index in [1.54, 1.807) is 0 Å². The van der Waals surface area contributed by atoms with Gasteiger partial charge in [0.15, 0.2) is 0 Å². The molecule has 1 amide bonds. The van der Waals surface area contributed by atoms with E-state index < -0.39 is 0 Å². The third kappa shape index (κ3) is 3.51. The molecule has 0 aromatic heterocycles. The number of carbonyl (C=O) groups excluding carboxylic acids is 1. The van der Waals surface area contributed by atoms with E-state index in [0.29, 0.717) is 6.10 Å². The van der Waals surface area contributed by atoms with Crippen molar-refractivity contribution in [1.29, 1.82) is 0 Å². The van der Waals surface area contributed by atoms with Crippen molar-refractivity contribution in [3.05, 3.63) is 29.3 Å². The molecule has 0 saturated heterocycles. The first kappa shape index (κ1) is 14.9. The van der Waals surface area contributed by atoms with Crippen LogP contribution in [-0.2, 0) is 4.74 Å². The van der Waals surface area contributed by atoms with Gasteiger partial charge in [0.1, 0.15) is 0 Å². The van der Waals surface area contributed by atoms with E-state index in [4.69, 9.17) is 4.74 Å². The molecule has 0 aliphatic heterocycles. The van der Waals surface area contributed by atoms with E-state index in [2.05, 4.69) is 10.6 Å². The number of hydrogen-bond donors (Lipinski definition) is 2. The fraction of sp³-hybridized carbons (Fsp3) is 0.562. The van der Waals surface area contributed by atoms with Gasteiger partial charge in [-0.3, -0.25) is 4.79 Å². The van der Waals surface area contributed by atoms with Gasteiger partial charge < -0.3 is 15.4 Å². The van der Waals surface area contributed by atoms with Crippen LogP contribution in [0.3, 0.4) is 0 Å². The van der Waals surface area contributed by atoms with Crippen LogP contribution in [0.4, 0.5) is 5.69 Å². The number of anilines is 1. The third-order valence-corrected chi connectivity index (χ3v) is 3.62. The van der Waals surface area contributed by atoms with Crippen LogP contribution >= 0.6 is 0 Å². The fourth-order valence-electron chi connectivity index (χ4n) is 2.51. The Hall–Kier alpha value is -1.55. The lowest BCUT2D eigenvalue weighted by molar-refractivity contribution is -0.00861. The molecule has 2 N–H and O–H groups in total. The highest BCUT2D eigenvalue weighted by molar-refractivity contribution is 6.00. The van der Waals surface area contributed by atoms with Gasteiger partial charge in [-0.15, -0.1) is 0 Å². The summed E-state index contributed by atoms with van der Waals surface area (Å²) in [5.41, 5.74) is 2.72. The highest BCUT2D eigenvalue weighted by atomic mass is 16.5. The molecule has 1 aromatic carbocycles. The second kappa shape index (κ2) is 6.75. The minimum atomic E-state index is 0.00426. The number of ether oxygens (including phenoxy) is 1. The number of benzene rings is 1. The van der Waals surface area contributed by atoms with Crippen molar-refractivity contribution in [2.75, 3.05) is 18.5 Å². The zero-order valence-corrected chi connectivity index (χ0v) is 12.5. The number of amides is 1. The van der Waals surface area contributed by atoms with Gasteiger partial charge in [0.05, 0.1) is 11.7 Å². The average Bonchev–Trinajstić information content (AvgIpc) is 2.38. The van der Waals surface area contributed by atoms with Gasteiger partial charge >= 0.3 is 0 Å². The predicted octanol–water partition coefficient (Wildman–Crippen LogP) is 2.72. The summed E-state index contributed by atoms with van der Waals surface area (Å²) in [5.74, 6) is 0.00426. The van der Waals surface area contributed by atoms with Gasteiger partial charge in [-0.1, -0.05) is 11.6 Å². The molecular formula is C16H24N2O2. The lowest BCUT2D eigenvalue weighted by Crippen LogP contribution is -2.47. The van der Waals surface area contributed by atoms with E-state index in [0.717, 1.165) is 42.8 Å². The molecule has 20 heavy (non-hydrogen) atoms. The van der Waals surface area contributed by atoms with Crippen molar-refractivity contribution in [3.63, 3.8) is 0 Å². The maximum absolute atomic E-state index is 12.4. The Bertz CT molecular complexity index is 468. The second-order valence-corrected chi connectivity index (χ2v) is 5.30. The topological polar surface area (TPSA) is 50.4 Å². The SMILES string of the molecule is CCNc1ccc(C)cc1C(=O)NC1CC(OCC)C1. The first-order chi connectivity index (χ1) is 9.63. The summed E-state index contributed by atoms with van der Waals surface area (Å²) >= 11 is 0. The van der Waals surface area contributed by atoms with Crippen LogP contribution in [0.25, 0.3) is 0 Å². The number of rotatable bonds is 6. The van der Waals surface area contributed by atoms with Gasteiger partial charge in [-0.05, 0) is 45.7 Å². The summed E-state index contributed by atoms with van der Waals surface area (Å²) in [7, 11) is 0. The minimum Gasteiger partial charge on any atom is -0.385 e. The summed E-state index contributed by atoms with van der Waals surface area (Å²) in [5, 5.41) is 6.33. The Morgan fingerprint density at radius 1 is 1.35 bits per heavy atom. The van der Waals surface area contributed by atoms with E-state index in [1.807, 2.05) is 39.0 Å². The molecule has 0 bridgehead atoms. The normalized spacial score (nSPS) is 21.1. The first-order valence-corrected chi connectivity index (χ1v) is 7.41. The van der Waals surface area contributed by atoms with Crippen LogP contribution in [0.2, 0.25) is 0 Å².